The van der Waals surface area contributed by atoms with Crippen LogP contribution in [0.2, 0.25) is 0 Å². The number of nitrogens with zero attached hydrogens (tertiary/aromatic N) is 1. The highest BCUT2D eigenvalue weighted by atomic mass is 32.2. The van der Waals surface area contributed by atoms with Gasteiger partial charge in [0.15, 0.2) is 9.84 Å². The van der Waals surface area contributed by atoms with Crippen molar-refractivity contribution in [2.45, 2.75) is 31.6 Å². The standard InChI is InChI=1S/C10H24N2O2S/c1-9(12(4)5)7-11-8-10(2,3)15(6,13)14/h9,11H,7-8H2,1-6H3. The van der Waals surface area contributed by atoms with Gasteiger partial charge < -0.3 is 10.2 Å². The van der Waals surface area contributed by atoms with E-state index in [4.69, 9.17) is 0 Å². The van der Waals surface area contributed by atoms with Crippen molar-refractivity contribution in [3.63, 3.8) is 0 Å². The molecule has 0 aromatic heterocycles. The van der Waals surface area contributed by atoms with Crippen molar-refractivity contribution in [3.05, 3.63) is 0 Å². The Balaban J connectivity index is 4.08. The van der Waals surface area contributed by atoms with E-state index < -0.39 is 14.6 Å². The molecule has 0 saturated heterocycles. The van der Waals surface area contributed by atoms with Crippen LogP contribution >= 0.6 is 0 Å². The van der Waals surface area contributed by atoms with Gasteiger partial charge in [0.2, 0.25) is 0 Å². The SMILES string of the molecule is CC(CNCC(C)(C)S(C)(=O)=O)N(C)C. The van der Waals surface area contributed by atoms with Crippen LogP contribution in [0.3, 0.4) is 0 Å². The van der Waals surface area contributed by atoms with Crippen LogP contribution in [0.4, 0.5) is 0 Å². The fourth-order valence-electron chi connectivity index (χ4n) is 0.896. The zero-order valence-electron chi connectivity index (χ0n) is 10.7. The Bertz CT molecular complexity index is 284. The Morgan fingerprint density at radius 2 is 1.80 bits per heavy atom. The van der Waals surface area contributed by atoms with E-state index in [9.17, 15) is 8.42 Å². The summed E-state index contributed by atoms with van der Waals surface area (Å²) >= 11 is 0. The smallest absolute Gasteiger partial charge is 0.153 e. The molecule has 4 nitrogen and oxygen atoms in total. The molecule has 0 saturated carbocycles. The summed E-state index contributed by atoms with van der Waals surface area (Å²) in [6.45, 7) is 6.88. The first-order valence-corrected chi connectivity index (χ1v) is 7.04. The molecule has 0 aliphatic rings. The maximum atomic E-state index is 11.4. The molecular formula is C10H24N2O2S. The van der Waals surface area contributed by atoms with Crippen molar-refractivity contribution < 1.29 is 8.42 Å². The third-order valence-corrected chi connectivity index (χ3v) is 5.03. The number of nitrogens with one attached hydrogen (secondary N) is 1. The van der Waals surface area contributed by atoms with Crippen molar-refractivity contribution in [2.24, 2.45) is 0 Å². The van der Waals surface area contributed by atoms with Gasteiger partial charge in [0, 0.05) is 25.4 Å². The fourth-order valence-corrected chi connectivity index (χ4v) is 1.26. The zero-order chi connectivity index (χ0) is 12.3. The number of hydrogen-bond donors (Lipinski definition) is 1. The van der Waals surface area contributed by atoms with Crippen LogP contribution in [-0.2, 0) is 9.84 Å². The lowest BCUT2D eigenvalue weighted by Gasteiger charge is -2.26. The molecule has 0 aromatic rings. The molecule has 0 rings (SSSR count). The van der Waals surface area contributed by atoms with Crippen LogP contribution in [0, 0.1) is 0 Å². The van der Waals surface area contributed by atoms with Gasteiger partial charge in [-0.15, -0.1) is 0 Å². The van der Waals surface area contributed by atoms with Crippen LogP contribution in [-0.4, -0.2) is 57.5 Å². The Kier molecular flexibility index (Phi) is 5.23. The first-order chi connectivity index (χ1) is 6.58. The molecule has 0 aromatic carbocycles. The summed E-state index contributed by atoms with van der Waals surface area (Å²) in [4.78, 5) is 2.10. The van der Waals surface area contributed by atoms with Crippen LogP contribution in [0.25, 0.3) is 0 Å². The number of rotatable bonds is 6. The summed E-state index contributed by atoms with van der Waals surface area (Å²) in [6.07, 6.45) is 1.28. The van der Waals surface area contributed by atoms with Gasteiger partial charge in [-0.1, -0.05) is 0 Å². The Hall–Kier alpha value is -0.130. The van der Waals surface area contributed by atoms with E-state index >= 15 is 0 Å². The highest BCUT2D eigenvalue weighted by molar-refractivity contribution is 7.92. The van der Waals surface area contributed by atoms with E-state index in [-0.39, 0.29) is 0 Å². The summed E-state index contributed by atoms with van der Waals surface area (Å²) in [6, 6.07) is 0.403. The summed E-state index contributed by atoms with van der Waals surface area (Å²) in [5, 5.41) is 3.19. The van der Waals surface area contributed by atoms with Crippen LogP contribution < -0.4 is 5.32 Å². The molecule has 0 aliphatic carbocycles. The van der Waals surface area contributed by atoms with Gasteiger partial charge in [-0.05, 0) is 34.9 Å². The quantitative estimate of drug-likeness (QED) is 0.723. The Morgan fingerprint density at radius 1 is 1.33 bits per heavy atom. The third kappa shape index (κ3) is 4.95. The molecule has 1 atom stereocenters. The van der Waals surface area contributed by atoms with Crippen molar-refractivity contribution in [1.29, 1.82) is 0 Å². The second-order valence-corrected chi connectivity index (χ2v) is 7.62. The molecule has 0 spiro atoms. The van der Waals surface area contributed by atoms with Gasteiger partial charge in [0.1, 0.15) is 0 Å². The minimum atomic E-state index is -3.00. The maximum Gasteiger partial charge on any atom is 0.153 e. The lowest BCUT2D eigenvalue weighted by molar-refractivity contribution is 0.300. The van der Waals surface area contributed by atoms with E-state index in [1.165, 1.54) is 6.26 Å². The number of hydrogen-bond acceptors (Lipinski definition) is 4. The number of likely N-dealkylation sites (N-methyl/N-ethyl adjacent to an activating group) is 1. The molecule has 0 heterocycles. The van der Waals surface area contributed by atoms with Crippen LogP contribution in [0.1, 0.15) is 20.8 Å². The minimum absolute atomic E-state index is 0.403. The average Bonchev–Trinajstić information content (AvgIpc) is 2.01. The summed E-state index contributed by atoms with van der Waals surface area (Å²) in [7, 11) is 1.02. The minimum Gasteiger partial charge on any atom is -0.314 e. The Labute approximate surface area is 94.0 Å². The molecule has 92 valence electrons. The second kappa shape index (κ2) is 5.27. The first-order valence-electron chi connectivity index (χ1n) is 5.14. The van der Waals surface area contributed by atoms with Gasteiger partial charge in [0.05, 0.1) is 4.75 Å². The van der Waals surface area contributed by atoms with E-state index in [0.29, 0.717) is 12.6 Å². The zero-order valence-corrected chi connectivity index (χ0v) is 11.5. The molecular weight excluding hydrogens is 212 g/mol. The Morgan fingerprint density at radius 3 is 2.13 bits per heavy atom. The summed E-state index contributed by atoms with van der Waals surface area (Å²) in [5.74, 6) is 0. The fraction of sp³-hybridized carbons (Fsp3) is 1.00. The molecule has 0 radical (unpaired) electrons. The van der Waals surface area contributed by atoms with E-state index in [2.05, 4.69) is 17.1 Å². The highest BCUT2D eigenvalue weighted by Gasteiger charge is 2.29. The predicted molar refractivity (Wildman–Crippen MR) is 64.9 cm³/mol. The first kappa shape index (κ1) is 14.9. The lowest BCUT2D eigenvalue weighted by atomic mass is 10.2. The number of sulfone groups is 1. The van der Waals surface area contributed by atoms with E-state index in [0.717, 1.165) is 6.54 Å². The van der Waals surface area contributed by atoms with Gasteiger partial charge >= 0.3 is 0 Å². The molecule has 0 fully saturated rings. The predicted octanol–water partition coefficient (Wildman–Crippen LogP) is 0.349. The molecule has 0 amide bonds. The van der Waals surface area contributed by atoms with Gasteiger partial charge in [-0.2, -0.15) is 0 Å². The van der Waals surface area contributed by atoms with E-state index in [1.807, 2.05) is 14.1 Å². The van der Waals surface area contributed by atoms with E-state index in [1.54, 1.807) is 13.8 Å². The third-order valence-electron chi connectivity index (χ3n) is 2.88. The molecule has 1 unspecified atom stereocenters. The van der Waals surface area contributed by atoms with Crippen molar-refractivity contribution in [2.75, 3.05) is 33.4 Å². The van der Waals surface area contributed by atoms with Crippen LogP contribution in [0.5, 0.6) is 0 Å². The van der Waals surface area contributed by atoms with Crippen molar-refractivity contribution in [1.82, 2.24) is 10.2 Å². The molecule has 5 heteroatoms. The maximum absolute atomic E-state index is 11.4. The molecule has 0 bridgehead atoms. The normalized spacial score (nSPS) is 15.7. The second-order valence-electron chi connectivity index (χ2n) is 4.98. The highest BCUT2D eigenvalue weighted by Crippen LogP contribution is 2.13. The van der Waals surface area contributed by atoms with Crippen molar-refractivity contribution >= 4 is 9.84 Å². The average molecular weight is 236 g/mol. The summed E-state index contributed by atoms with van der Waals surface area (Å²) < 4.78 is 22.1. The summed E-state index contributed by atoms with van der Waals surface area (Å²) in [5.41, 5.74) is 0. The largest absolute Gasteiger partial charge is 0.314 e. The lowest BCUT2D eigenvalue weighted by Crippen LogP contribution is -2.45. The van der Waals surface area contributed by atoms with Gasteiger partial charge in [-0.3, -0.25) is 0 Å². The van der Waals surface area contributed by atoms with Gasteiger partial charge in [0.25, 0.3) is 0 Å². The monoisotopic (exact) mass is 236 g/mol. The molecule has 0 aliphatic heterocycles. The molecule has 1 N–H and O–H groups in total. The topological polar surface area (TPSA) is 49.4 Å². The van der Waals surface area contributed by atoms with Crippen LogP contribution in [0.15, 0.2) is 0 Å². The van der Waals surface area contributed by atoms with Crippen molar-refractivity contribution in [3.8, 4) is 0 Å². The van der Waals surface area contributed by atoms with Gasteiger partial charge in [-0.25, -0.2) is 8.42 Å². The molecule has 15 heavy (non-hydrogen) atoms.